The molecule has 0 aromatic carbocycles. The highest BCUT2D eigenvalue weighted by Gasteiger charge is 2.17. The number of nitrogens with one attached hydrogen (secondary N) is 1. The lowest BCUT2D eigenvalue weighted by Crippen LogP contribution is -2.29. The van der Waals surface area contributed by atoms with Crippen LogP contribution < -0.4 is 11.2 Å². The number of halogens is 1. The van der Waals surface area contributed by atoms with E-state index >= 15 is 0 Å². The van der Waals surface area contributed by atoms with E-state index in [1.165, 1.54) is 16.2 Å². The summed E-state index contributed by atoms with van der Waals surface area (Å²) in [5.74, 6) is -1.21. The molecule has 8 nitrogen and oxygen atoms in total. The Balaban J connectivity index is 2.69. The molecule has 10 heteroatoms. The summed E-state index contributed by atoms with van der Waals surface area (Å²) < 4.78 is 2.74. The van der Waals surface area contributed by atoms with Crippen LogP contribution in [0.25, 0.3) is 11.2 Å². The van der Waals surface area contributed by atoms with E-state index in [9.17, 15) is 14.4 Å². The number of allylic oxidation sites excluding steroid dienone is 2. The van der Waals surface area contributed by atoms with E-state index in [1.54, 1.807) is 13.0 Å². The molecule has 0 spiro atoms. The lowest BCUT2D eigenvalue weighted by Gasteiger charge is -2.04. The van der Waals surface area contributed by atoms with Gasteiger partial charge in [0, 0.05) is 18.6 Å². The van der Waals surface area contributed by atoms with Gasteiger partial charge in [-0.3, -0.25) is 19.1 Å². The third-order valence-electron chi connectivity index (χ3n) is 2.85. The highest BCUT2D eigenvalue weighted by molar-refractivity contribution is 7.99. The second-order valence-corrected chi connectivity index (χ2v) is 6.01. The number of aryl methyl sites for hydroxylation is 1. The Morgan fingerprint density at radius 3 is 2.77 bits per heavy atom. The molecule has 0 atom stereocenters. The molecule has 0 saturated carbocycles. The molecule has 0 saturated heterocycles. The second-order valence-electron chi connectivity index (χ2n) is 4.47. The Hall–Kier alpha value is -2.00. The molecule has 0 amide bonds. The smallest absolute Gasteiger partial charge is 0.329 e. The number of aliphatic carboxylic acids is 1. The minimum absolute atomic E-state index is 0.197. The maximum absolute atomic E-state index is 12.1. The first-order valence-electron chi connectivity index (χ1n) is 6.17. The summed E-state index contributed by atoms with van der Waals surface area (Å²) in [6, 6.07) is 0. The summed E-state index contributed by atoms with van der Waals surface area (Å²) >= 11 is 6.77. The monoisotopic (exact) mass is 344 g/mol. The summed E-state index contributed by atoms with van der Waals surface area (Å²) in [5.41, 5.74) is -0.763. The molecule has 2 aromatic heterocycles. The first-order valence-corrected chi connectivity index (χ1v) is 7.54. The topological polar surface area (TPSA) is 110 Å². The number of aromatic nitrogens is 4. The van der Waals surface area contributed by atoms with E-state index < -0.39 is 17.2 Å². The van der Waals surface area contributed by atoms with Crippen LogP contribution in [0.15, 0.2) is 25.9 Å². The number of carboxylic acid groups (broad SMARTS) is 1. The Morgan fingerprint density at radius 1 is 1.50 bits per heavy atom. The molecule has 0 aliphatic carbocycles. The van der Waals surface area contributed by atoms with E-state index in [0.717, 1.165) is 11.8 Å². The number of aromatic amines is 1. The standard InChI is InChI=1S/C12H13ClN4O4S/c1-6(13)3-4-17-8-9(14-12(17)22-5-7(18)19)16(2)11(21)15-10(8)20/h3H,4-5H2,1-2H3,(H,18,19)(H,15,20,21)/b6-3-. The Labute approximate surface area is 133 Å². The van der Waals surface area contributed by atoms with Gasteiger partial charge < -0.3 is 9.67 Å². The van der Waals surface area contributed by atoms with Crippen molar-refractivity contribution in [2.75, 3.05) is 5.75 Å². The van der Waals surface area contributed by atoms with Gasteiger partial charge in [0.05, 0.1) is 5.75 Å². The van der Waals surface area contributed by atoms with Crippen LogP contribution in [0.1, 0.15) is 6.92 Å². The van der Waals surface area contributed by atoms with Crippen molar-refractivity contribution in [3.05, 3.63) is 31.9 Å². The number of rotatable bonds is 5. The van der Waals surface area contributed by atoms with Crippen LogP contribution in [0.3, 0.4) is 0 Å². The van der Waals surface area contributed by atoms with Crippen LogP contribution in [0.2, 0.25) is 0 Å². The molecule has 0 radical (unpaired) electrons. The third-order valence-corrected chi connectivity index (χ3v) is 3.97. The SMILES string of the molecule is C/C(Cl)=C/Cn1c(SCC(=O)O)nc2c1c(=O)[nH]c(=O)n2C. The number of thioether (sulfide) groups is 1. The fraction of sp³-hybridized carbons (Fsp3) is 0.333. The zero-order valence-electron chi connectivity index (χ0n) is 11.8. The van der Waals surface area contributed by atoms with Gasteiger partial charge in [0.1, 0.15) is 0 Å². The van der Waals surface area contributed by atoms with Gasteiger partial charge in [0.15, 0.2) is 16.3 Å². The van der Waals surface area contributed by atoms with Crippen molar-refractivity contribution in [3.8, 4) is 0 Å². The predicted molar refractivity (Wildman–Crippen MR) is 83.6 cm³/mol. The number of imidazole rings is 1. The fourth-order valence-corrected chi connectivity index (χ4v) is 2.63. The van der Waals surface area contributed by atoms with Gasteiger partial charge in [0.2, 0.25) is 0 Å². The number of hydrogen-bond donors (Lipinski definition) is 2. The van der Waals surface area contributed by atoms with E-state index in [4.69, 9.17) is 16.7 Å². The Bertz CT molecular complexity index is 876. The predicted octanol–water partition coefficient (Wildman–Crippen LogP) is 0.743. The number of carbonyl (C=O) groups is 1. The van der Waals surface area contributed by atoms with Crippen LogP contribution in [0.5, 0.6) is 0 Å². The van der Waals surface area contributed by atoms with E-state index in [-0.39, 0.29) is 23.5 Å². The second kappa shape index (κ2) is 6.41. The summed E-state index contributed by atoms with van der Waals surface area (Å²) in [4.78, 5) is 40.8. The highest BCUT2D eigenvalue weighted by Crippen LogP contribution is 2.21. The van der Waals surface area contributed by atoms with Gasteiger partial charge in [-0.15, -0.1) is 0 Å². The molecule has 22 heavy (non-hydrogen) atoms. The molecule has 2 N–H and O–H groups in total. The molecule has 0 aliphatic heterocycles. The first kappa shape index (κ1) is 16.4. The van der Waals surface area contributed by atoms with Crippen molar-refractivity contribution < 1.29 is 9.90 Å². The van der Waals surface area contributed by atoms with Crippen LogP contribution in [0.4, 0.5) is 0 Å². The van der Waals surface area contributed by atoms with Gasteiger partial charge in [-0.05, 0) is 6.92 Å². The zero-order chi connectivity index (χ0) is 16.4. The molecule has 0 fully saturated rings. The number of nitrogens with zero attached hydrogens (tertiary/aromatic N) is 3. The number of fused-ring (bicyclic) bond motifs is 1. The van der Waals surface area contributed by atoms with E-state index in [1.807, 2.05) is 0 Å². The van der Waals surface area contributed by atoms with Crippen molar-refractivity contribution >= 4 is 40.5 Å². The average molecular weight is 345 g/mol. The van der Waals surface area contributed by atoms with Crippen molar-refractivity contribution in [1.82, 2.24) is 19.1 Å². The van der Waals surface area contributed by atoms with Crippen LogP contribution in [-0.4, -0.2) is 35.9 Å². The van der Waals surface area contributed by atoms with Gasteiger partial charge in [-0.25, -0.2) is 9.78 Å². The maximum atomic E-state index is 12.1. The lowest BCUT2D eigenvalue weighted by atomic mass is 10.4. The summed E-state index contributed by atoms with van der Waals surface area (Å²) in [6.45, 7) is 1.93. The largest absolute Gasteiger partial charge is 0.481 e. The maximum Gasteiger partial charge on any atom is 0.329 e. The number of carboxylic acids is 1. The third kappa shape index (κ3) is 3.25. The van der Waals surface area contributed by atoms with Gasteiger partial charge in [-0.2, -0.15) is 0 Å². The normalized spacial score (nSPS) is 12.0. The van der Waals surface area contributed by atoms with Crippen molar-refractivity contribution in [3.63, 3.8) is 0 Å². The van der Waals surface area contributed by atoms with Crippen LogP contribution in [0, 0.1) is 0 Å². The molecular weight excluding hydrogens is 332 g/mol. The molecule has 118 valence electrons. The molecule has 0 unspecified atom stereocenters. The molecule has 2 heterocycles. The summed E-state index contributed by atoms with van der Waals surface area (Å²) in [6.07, 6.45) is 1.66. The first-order chi connectivity index (χ1) is 10.3. The minimum Gasteiger partial charge on any atom is -0.481 e. The van der Waals surface area contributed by atoms with Crippen molar-refractivity contribution in [2.24, 2.45) is 7.05 Å². The van der Waals surface area contributed by atoms with Crippen LogP contribution in [-0.2, 0) is 18.4 Å². The summed E-state index contributed by atoms with van der Waals surface area (Å²) in [5, 5.41) is 9.65. The summed E-state index contributed by atoms with van der Waals surface area (Å²) in [7, 11) is 1.48. The van der Waals surface area contributed by atoms with Crippen molar-refractivity contribution in [2.45, 2.75) is 18.6 Å². The Kier molecular flexibility index (Phi) is 4.77. The zero-order valence-corrected chi connectivity index (χ0v) is 13.4. The average Bonchev–Trinajstić information content (AvgIpc) is 2.79. The quantitative estimate of drug-likeness (QED) is 0.774. The van der Waals surface area contributed by atoms with Crippen molar-refractivity contribution in [1.29, 1.82) is 0 Å². The van der Waals surface area contributed by atoms with Gasteiger partial charge in [0.25, 0.3) is 5.56 Å². The van der Waals surface area contributed by atoms with Gasteiger partial charge >= 0.3 is 11.7 Å². The highest BCUT2D eigenvalue weighted by atomic mass is 35.5. The molecule has 0 bridgehead atoms. The number of hydrogen-bond acceptors (Lipinski definition) is 5. The molecule has 0 aliphatic rings. The Morgan fingerprint density at radius 2 is 2.18 bits per heavy atom. The fourth-order valence-electron chi connectivity index (χ4n) is 1.84. The number of H-pyrrole nitrogens is 1. The van der Waals surface area contributed by atoms with E-state index in [0.29, 0.717) is 10.2 Å². The van der Waals surface area contributed by atoms with E-state index in [2.05, 4.69) is 9.97 Å². The minimum atomic E-state index is -1.00. The molecular formula is C12H13ClN4O4S. The lowest BCUT2D eigenvalue weighted by molar-refractivity contribution is -0.133. The van der Waals surface area contributed by atoms with Crippen LogP contribution >= 0.6 is 23.4 Å². The molecule has 2 aromatic rings. The molecule has 2 rings (SSSR count). The van der Waals surface area contributed by atoms with Gasteiger partial charge in [-0.1, -0.05) is 29.4 Å².